The fourth-order valence-electron chi connectivity index (χ4n) is 1.94. The van der Waals surface area contributed by atoms with Crippen molar-refractivity contribution in [3.8, 4) is 5.75 Å². The van der Waals surface area contributed by atoms with Gasteiger partial charge in [-0.2, -0.15) is 0 Å². The molecule has 0 bridgehead atoms. The third-order valence-electron chi connectivity index (χ3n) is 2.99. The van der Waals surface area contributed by atoms with E-state index in [9.17, 15) is 9.50 Å². The van der Waals surface area contributed by atoms with Gasteiger partial charge in [0.05, 0.1) is 12.1 Å². The Morgan fingerprint density at radius 3 is 2.65 bits per heavy atom. The van der Waals surface area contributed by atoms with Crippen molar-refractivity contribution < 1.29 is 14.2 Å². The SMILES string of the molecule is COc1cccnc1C(C)(O)c1cc(F)c(Cl)cc1Cl. The first kappa shape index (κ1) is 15.0. The Labute approximate surface area is 125 Å². The van der Waals surface area contributed by atoms with Crippen LogP contribution in [-0.4, -0.2) is 17.2 Å². The van der Waals surface area contributed by atoms with E-state index in [4.69, 9.17) is 27.9 Å². The van der Waals surface area contributed by atoms with Gasteiger partial charge in [-0.15, -0.1) is 0 Å². The molecule has 0 amide bonds. The van der Waals surface area contributed by atoms with E-state index in [2.05, 4.69) is 4.98 Å². The topological polar surface area (TPSA) is 42.4 Å². The first-order valence-electron chi connectivity index (χ1n) is 5.74. The van der Waals surface area contributed by atoms with Gasteiger partial charge in [0.25, 0.3) is 0 Å². The fourth-order valence-corrected chi connectivity index (χ4v) is 2.51. The van der Waals surface area contributed by atoms with Crippen molar-refractivity contribution >= 4 is 23.2 Å². The van der Waals surface area contributed by atoms with Gasteiger partial charge < -0.3 is 9.84 Å². The van der Waals surface area contributed by atoms with E-state index in [0.717, 1.165) is 6.07 Å². The Balaban J connectivity index is 2.63. The Kier molecular flexibility index (Phi) is 4.18. The van der Waals surface area contributed by atoms with Crippen molar-refractivity contribution in [3.63, 3.8) is 0 Å². The molecule has 106 valence electrons. The molecule has 1 unspecified atom stereocenters. The number of aromatic nitrogens is 1. The molecule has 0 spiro atoms. The Morgan fingerprint density at radius 2 is 2.00 bits per heavy atom. The van der Waals surface area contributed by atoms with E-state index in [1.807, 2.05) is 0 Å². The molecule has 20 heavy (non-hydrogen) atoms. The maximum absolute atomic E-state index is 13.6. The van der Waals surface area contributed by atoms with Crippen LogP contribution in [0.3, 0.4) is 0 Å². The summed E-state index contributed by atoms with van der Waals surface area (Å²) in [4.78, 5) is 4.10. The minimum Gasteiger partial charge on any atom is -0.495 e. The lowest BCUT2D eigenvalue weighted by atomic mass is 9.91. The van der Waals surface area contributed by atoms with Gasteiger partial charge in [0.2, 0.25) is 0 Å². The Morgan fingerprint density at radius 1 is 1.30 bits per heavy atom. The fraction of sp³-hybridized carbons (Fsp3) is 0.214. The summed E-state index contributed by atoms with van der Waals surface area (Å²) < 4.78 is 18.8. The number of hydrogen-bond donors (Lipinski definition) is 1. The van der Waals surface area contributed by atoms with Crippen molar-refractivity contribution in [1.29, 1.82) is 0 Å². The van der Waals surface area contributed by atoms with Crippen molar-refractivity contribution in [3.05, 3.63) is 57.6 Å². The second-order valence-electron chi connectivity index (χ2n) is 4.37. The zero-order valence-electron chi connectivity index (χ0n) is 10.8. The highest BCUT2D eigenvalue weighted by Gasteiger charge is 2.33. The first-order chi connectivity index (χ1) is 9.37. The summed E-state index contributed by atoms with van der Waals surface area (Å²) in [6.45, 7) is 1.46. The summed E-state index contributed by atoms with van der Waals surface area (Å²) in [5.41, 5.74) is -1.21. The van der Waals surface area contributed by atoms with Crippen LogP contribution in [0.5, 0.6) is 5.75 Å². The normalized spacial score (nSPS) is 13.9. The molecule has 0 aliphatic carbocycles. The molecule has 1 atom stereocenters. The summed E-state index contributed by atoms with van der Waals surface area (Å²) >= 11 is 11.7. The molecule has 1 aromatic heterocycles. The minimum atomic E-state index is -1.62. The highest BCUT2D eigenvalue weighted by molar-refractivity contribution is 6.35. The molecular formula is C14H12Cl2FNO2. The van der Waals surface area contributed by atoms with Crippen molar-refractivity contribution in [2.24, 2.45) is 0 Å². The minimum absolute atomic E-state index is 0.109. The molecule has 6 heteroatoms. The van der Waals surface area contributed by atoms with Crippen LogP contribution in [-0.2, 0) is 5.60 Å². The van der Waals surface area contributed by atoms with Gasteiger partial charge in [-0.3, -0.25) is 4.98 Å². The lowest BCUT2D eigenvalue weighted by Crippen LogP contribution is -2.25. The van der Waals surface area contributed by atoms with E-state index in [0.29, 0.717) is 5.75 Å². The summed E-state index contributed by atoms with van der Waals surface area (Å²) in [6, 6.07) is 5.66. The van der Waals surface area contributed by atoms with Crippen molar-refractivity contribution in [1.82, 2.24) is 4.98 Å². The summed E-state index contributed by atoms with van der Waals surface area (Å²) in [5.74, 6) is -0.287. The molecule has 1 aromatic carbocycles. The van der Waals surface area contributed by atoms with Crippen molar-refractivity contribution in [2.75, 3.05) is 7.11 Å². The molecule has 2 aromatic rings. The van der Waals surface area contributed by atoms with Gasteiger partial charge in [-0.25, -0.2) is 4.39 Å². The summed E-state index contributed by atoms with van der Waals surface area (Å²) in [6.07, 6.45) is 1.51. The zero-order chi connectivity index (χ0) is 14.9. The second-order valence-corrected chi connectivity index (χ2v) is 5.19. The van der Waals surface area contributed by atoms with Crippen molar-refractivity contribution in [2.45, 2.75) is 12.5 Å². The van der Waals surface area contributed by atoms with Crippen LogP contribution in [0.25, 0.3) is 0 Å². The monoisotopic (exact) mass is 315 g/mol. The maximum Gasteiger partial charge on any atom is 0.143 e. The van der Waals surface area contributed by atoms with Crippen LogP contribution in [0.1, 0.15) is 18.2 Å². The largest absolute Gasteiger partial charge is 0.495 e. The number of hydrogen-bond acceptors (Lipinski definition) is 3. The van der Waals surface area contributed by atoms with E-state index in [1.165, 1.54) is 26.3 Å². The number of aliphatic hydroxyl groups is 1. The number of pyridine rings is 1. The molecule has 3 nitrogen and oxygen atoms in total. The van der Waals surface area contributed by atoms with E-state index in [1.54, 1.807) is 12.1 Å². The molecule has 2 rings (SSSR count). The maximum atomic E-state index is 13.6. The molecule has 0 saturated carbocycles. The van der Waals surface area contributed by atoms with Crippen LogP contribution in [0.15, 0.2) is 30.5 Å². The van der Waals surface area contributed by atoms with Crippen LogP contribution in [0.4, 0.5) is 4.39 Å². The molecule has 0 aliphatic heterocycles. The smallest absolute Gasteiger partial charge is 0.143 e. The number of halogens is 3. The van der Waals surface area contributed by atoms with Crippen LogP contribution >= 0.6 is 23.2 Å². The summed E-state index contributed by atoms with van der Waals surface area (Å²) in [5, 5.41) is 10.8. The molecular weight excluding hydrogens is 304 g/mol. The van der Waals surface area contributed by atoms with Crippen LogP contribution < -0.4 is 4.74 Å². The standard InChI is InChI=1S/C14H12Cl2FNO2/c1-14(19,13-12(20-2)4-3-5-18-13)8-6-11(17)10(16)7-9(8)15/h3-7,19H,1-2H3. The average molecular weight is 316 g/mol. The Bertz CT molecular complexity index is 647. The van der Waals surface area contributed by atoms with Crippen LogP contribution in [0, 0.1) is 5.82 Å². The Hall–Kier alpha value is -1.36. The van der Waals surface area contributed by atoms with E-state index >= 15 is 0 Å². The van der Waals surface area contributed by atoms with E-state index < -0.39 is 11.4 Å². The third kappa shape index (κ3) is 2.59. The molecule has 0 aliphatic rings. The van der Waals surface area contributed by atoms with Gasteiger partial charge >= 0.3 is 0 Å². The predicted octanol–water partition coefficient (Wildman–Crippen LogP) is 3.79. The van der Waals surface area contributed by atoms with Gasteiger partial charge in [0.1, 0.15) is 22.9 Å². The molecule has 0 radical (unpaired) electrons. The number of nitrogens with zero attached hydrogens (tertiary/aromatic N) is 1. The molecule has 0 saturated heterocycles. The van der Waals surface area contributed by atoms with Gasteiger partial charge in [0, 0.05) is 16.8 Å². The lowest BCUT2D eigenvalue weighted by Gasteiger charge is -2.26. The molecule has 1 N–H and O–H groups in total. The van der Waals surface area contributed by atoms with Gasteiger partial charge in [-0.05, 0) is 31.2 Å². The first-order valence-corrected chi connectivity index (χ1v) is 6.50. The highest BCUT2D eigenvalue weighted by Crippen LogP contribution is 2.38. The average Bonchev–Trinajstić information content (AvgIpc) is 2.42. The number of benzene rings is 1. The lowest BCUT2D eigenvalue weighted by molar-refractivity contribution is 0.0936. The molecule has 1 heterocycles. The van der Waals surface area contributed by atoms with Gasteiger partial charge in [0.15, 0.2) is 0 Å². The molecule has 0 fully saturated rings. The number of rotatable bonds is 3. The summed E-state index contributed by atoms with van der Waals surface area (Å²) in [7, 11) is 1.46. The van der Waals surface area contributed by atoms with Gasteiger partial charge in [-0.1, -0.05) is 23.2 Å². The second kappa shape index (κ2) is 5.56. The predicted molar refractivity (Wildman–Crippen MR) is 75.9 cm³/mol. The number of ether oxygens (including phenoxy) is 1. The van der Waals surface area contributed by atoms with Crippen LogP contribution in [0.2, 0.25) is 10.0 Å². The quantitative estimate of drug-likeness (QED) is 0.876. The van der Waals surface area contributed by atoms with E-state index in [-0.39, 0.29) is 21.3 Å². The highest BCUT2D eigenvalue weighted by atomic mass is 35.5. The third-order valence-corrected chi connectivity index (χ3v) is 3.59. The number of methoxy groups -OCH3 is 1. The zero-order valence-corrected chi connectivity index (χ0v) is 12.3.